The molecule has 0 fully saturated rings. The van der Waals surface area contributed by atoms with Crippen molar-refractivity contribution in [2.45, 2.75) is 26.8 Å². The SMILES string of the molecule is Cc1cc([C@H](C)Nc2ccccc2C(=O)O)c2oc(-c3ccc4nn(C)cc4c3)c(C)c(=O)c2c1. The lowest BCUT2D eigenvalue weighted by atomic mass is 9.98. The normalized spacial score (nSPS) is 12.2. The molecule has 0 unspecified atom stereocenters. The second kappa shape index (κ2) is 8.43. The maximum Gasteiger partial charge on any atom is 0.337 e. The first kappa shape index (κ1) is 22.4. The number of aromatic nitrogens is 2. The number of carbonyl (C=O) groups is 1. The van der Waals surface area contributed by atoms with Gasteiger partial charge in [-0.1, -0.05) is 18.2 Å². The molecule has 5 aromatic rings. The average molecular weight is 468 g/mol. The van der Waals surface area contributed by atoms with Crippen LogP contribution in [0.1, 0.15) is 40.0 Å². The van der Waals surface area contributed by atoms with Crippen molar-refractivity contribution in [3.63, 3.8) is 0 Å². The van der Waals surface area contributed by atoms with Gasteiger partial charge in [0, 0.05) is 41.0 Å². The molecule has 3 aromatic carbocycles. The van der Waals surface area contributed by atoms with Crippen LogP contribution in [0.4, 0.5) is 5.69 Å². The predicted molar refractivity (Wildman–Crippen MR) is 137 cm³/mol. The van der Waals surface area contributed by atoms with Crippen molar-refractivity contribution in [1.29, 1.82) is 0 Å². The summed E-state index contributed by atoms with van der Waals surface area (Å²) in [5.41, 5.74) is 4.97. The van der Waals surface area contributed by atoms with E-state index in [0.717, 1.165) is 27.6 Å². The largest absolute Gasteiger partial charge is 0.478 e. The number of anilines is 1. The van der Waals surface area contributed by atoms with Crippen LogP contribution in [0.2, 0.25) is 0 Å². The molecule has 176 valence electrons. The Morgan fingerprint density at radius 1 is 1.11 bits per heavy atom. The van der Waals surface area contributed by atoms with E-state index in [1.807, 2.05) is 57.4 Å². The lowest BCUT2D eigenvalue weighted by Gasteiger charge is -2.20. The monoisotopic (exact) mass is 467 g/mol. The molecule has 0 spiro atoms. The van der Waals surface area contributed by atoms with Gasteiger partial charge in [0.2, 0.25) is 0 Å². The van der Waals surface area contributed by atoms with E-state index in [0.29, 0.717) is 28.0 Å². The highest BCUT2D eigenvalue weighted by Crippen LogP contribution is 2.33. The van der Waals surface area contributed by atoms with Crippen molar-refractivity contribution in [2.75, 3.05) is 5.32 Å². The van der Waals surface area contributed by atoms with Gasteiger partial charge in [0.1, 0.15) is 11.3 Å². The molecule has 2 N–H and O–H groups in total. The van der Waals surface area contributed by atoms with Gasteiger partial charge in [-0.05, 0) is 62.7 Å². The van der Waals surface area contributed by atoms with Crippen LogP contribution in [0.15, 0.2) is 70.0 Å². The fourth-order valence-corrected chi connectivity index (χ4v) is 4.56. The number of carboxylic acids is 1. The van der Waals surface area contributed by atoms with Gasteiger partial charge in [-0.2, -0.15) is 5.10 Å². The third-order valence-corrected chi connectivity index (χ3v) is 6.27. The molecule has 2 aromatic heterocycles. The molecule has 7 nitrogen and oxygen atoms in total. The number of hydrogen-bond donors (Lipinski definition) is 2. The zero-order valence-electron chi connectivity index (χ0n) is 19.9. The van der Waals surface area contributed by atoms with E-state index in [-0.39, 0.29) is 17.0 Å². The molecule has 0 amide bonds. The Labute approximate surface area is 201 Å². The molecule has 2 heterocycles. The third kappa shape index (κ3) is 3.95. The minimum Gasteiger partial charge on any atom is -0.478 e. The number of para-hydroxylation sites is 1. The Hall–Kier alpha value is -4.39. The van der Waals surface area contributed by atoms with Crippen LogP contribution < -0.4 is 10.7 Å². The quantitative estimate of drug-likeness (QED) is 0.337. The molecular weight excluding hydrogens is 442 g/mol. The van der Waals surface area contributed by atoms with Gasteiger partial charge in [0.15, 0.2) is 5.43 Å². The van der Waals surface area contributed by atoms with E-state index in [2.05, 4.69) is 10.4 Å². The van der Waals surface area contributed by atoms with Crippen LogP contribution in [0.5, 0.6) is 0 Å². The average Bonchev–Trinajstić information content (AvgIpc) is 3.20. The number of nitrogens with zero attached hydrogens (tertiary/aromatic N) is 2. The number of aromatic carboxylic acids is 1. The Bertz CT molecular complexity index is 1680. The molecule has 1 atom stereocenters. The number of fused-ring (bicyclic) bond motifs is 2. The number of nitrogens with one attached hydrogen (secondary N) is 1. The molecule has 35 heavy (non-hydrogen) atoms. The van der Waals surface area contributed by atoms with Gasteiger partial charge in [0.05, 0.1) is 22.5 Å². The van der Waals surface area contributed by atoms with E-state index >= 15 is 0 Å². The number of aryl methyl sites for hydroxylation is 2. The van der Waals surface area contributed by atoms with Crippen molar-refractivity contribution in [2.24, 2.45) is 7.05 Å². The lowest BCUT2D eigenvalue weighted by molar-refractivity contribution is 0.0698. The summed E-state index contributed by atoms with van der Waals surface area (Å²) >= 11 is 0. The summed E-state index contributed by atoms with van der Waals surface area (Å²) < 4.78 is 8.21. The molecule has 5 rings (SSSR count). The van der Waals surface area contributed by atoms with Gasteiger partial charge in [-0.3, -0.25) is 9.48 Å². The molecule has 0 aliphatic heterocycles. The second-order valence-electron chi connectivity index (χ2n) is 8.91. The zero-order valence-corrected chi connectivity index (χ0v) is 19.9. The van der Waals surface area contributed by atoms with E-state index in [9.17, 15) is 14.7 Å². The first-order valence-electron chi connectivity index (χ1n) is 11.3. The van der Waals surface area contributed by atoms with Gasteiger partial charge >= 0.3 is 5.97 Å². The highest BCUT2D eigenvalue weighted by atomic mass is 16.4. The van der Waals surface area contributed by atoms with Crippen LogP contribution in [0, 0.1) is 13.8 Å². The van der Waals surface area contributed by atoms with Crippen LogP contribution in [-0.4, -0.2) is 20.9 Å². The Morgan fingerprint density at radius 2 is 1.89 bits per heavy atom. The van der Waals surface area contributed by atoms with Crippen LogP contribution in [-0.2, 0) is 7.05 Å². The fourth-order valence-electron chi connectivity index (χ4n) is 4.56. The first-order chi connectivity index (χ1) is 16.7. The summed E-state index contributed by atoms with van der Waals surface area (Å²) in [6.45, 7) is 5.63. The number of rotatable bonds is 5. The minimum atomic E-state index is -1.01. The van der Waals surface area contributed by atoms with Gasteiger partial charge in [0.25, 0.3) is 0 Å². The van der Waals surface area contributed by atoms with Crippen LogP contribution >= 0.6 is 0 Å². The maximum atomic E-state index is 13.4. The van der Waals surface area contributed by atoms with Crippen LogP contribution in [0.25, 0.3) is 33.2 Å². The molecule has 0 aliphatic rings. The van der Waals surface area contributed by atoms with E-state index < -0.39 is 5.97 Å². The standard InChI is InChI=1S/C28H25N3O4/c1-15-11-21(17(3)29-24-8-6-5-7-20(24)28(33)34)27-22(12-15)25(32)16(2)26(35-27)18-9-10-23-19(13-18)14-31(4)30-23/h5-14,17,29H,1-4H3,(H,33,34)/t17-/m0/s1. The molecule has 0 aliphatic carbocycles. The summed E-state index contributed by atoms with van der Waals surface area (Å²) in [7, 11) is 1.87. The van der Waals surface area contributed by atoms with Crippen molar-refractivity contribution in [3.05, 3.63) is 93.3 Å². The molecule has 0 saturated carbocycles. The lowest BCUT2D eigenvalue weighted by Crippen LogP contribution is -2.14. The number of benzene rings is 3. The van der Waals surface area contributed by atoms with Gasteiger partial charge in [-0.15, -0.1) is 0 Å². The van der Waals surface area contributed by atoms with Crippen LogP contribution in [0.3, 0.4) is 0 Å². The molecular formula is C28H25N3O4. The third-order valence-electron chi connectivity index (χ3n) is 6.27. The van der Waals surface area contributed by atoms with Gasteiger partial charge < -0.3 is 14.8 Å². The smallest absolute Gasteiger partial charge is 0.337 e. The Kier molecular flexibility index (Phi) is 5.40. The summed E-state index contributed by atoms with van der Waals surface area (Å²) in [5, 5.41) is 18.7. The summed E-state index contributed by atoms with van der Waals surface area (Å²) in [6, 6.07) is 16.0. The van der Waals surface area contributed by atoms with E-state index in [4.69, 9.17) is 4.42 Å². The number of carboxylic acid groups (broad SMARTS) is 1. The molecule has 0 radical (unpaired) electrons. The predicted octanol–water partition coefficient (Wildman–Crippen LogP) is 5.83. The topological polar surface area (TPSA) is 97.4 Å². The summed E-state index contributed by atoms with van der Waals surface area (Å²) in [4.78, 5) is 25.1. The second-order valence-corrected chi connectivity index (χ2v) is 8.91. The molecule has 0 saturated heterocycles. The highest BCUT2D eigenvalue weighted by Gasteiger charge is 2.20. The van der Waals surface area contributed by atoms with Crippen molar-refractivity contribution < 1.29 is 14.3 Å². The van der Waals surface area contributed by atoms with Gasteiger partial charge in [-0.25, -0.2) is 4.79 Å². The molecule has 0 bridgehead atoms. The molecule has 7 heteroatoms. The summed E-state index contributed by atoms with van der Waals surface area (Å²) in [6.07, 6.45) is 1.92. The zero-order chi connectivity index (χ0) is 24.9. The van der Waals surface area contributed by atoms with Crippen molar-refractivity contribution >= 4 is 33.5 Å². The van der Waals surface area contributed by atoms with E-state index in [1.54, 1.807) is 35.9 Å². The van der Waals surface area contributed by atoms with Crippen molar-refractivity contribution in [3.8, 4) is 11.3 Å². The van der Waals surface area contributed by atoms with Crippen molar-refractivity contribution in [1.82, 2.24) is 9.78 Å². The number of hydrogen-bond acceptors (Lipinski definition) is 5. The highest BCUT2D eigenvalue weighted by molar-refractivity contribution is 5.94. The minimum absolute atomic E-state index is 0.0874. The first-order valence-corrected chi connectivity index (χ1v) is 11.3. The fraction of sp³-hybridized carbons (Fsp3) is 0.179. The summed E-state index contributed by atoms with van der Waals surface area (Å²) in [5.74, 6) is -0.499. The van der Waals surface area contributed by atoms with E-state index in [1.165, 1.54) is 0 Å². The maximum absolute atomic E-state index is 13.4. The Balaban J connectivity index is 1.68. The Morgan fingerprint density at radius 3 is 2.66 bits per heavy atom.